The molecule has 5 heteroatoms. The molecule has 5 rings (SSSR count). The number of rotatable bonds is 3. The van der Waals surface area contributed by atoms with Crippen molar-refractivity contribution in [3.8, 4) is 12.1 Å². The molecular formula is C24H18ClN3O. The molecule has 4 nitrogen and oxygen atoms in total. The number of carbonyl (C=O) groups is 1. The van der Waals surface area contributed by atoms with E-state index >= 15 is 0 Å². The fourth-order valence-corrected chi connectivity index (χ4v) is 5.04. The van der Waals surface area contributed by atoms with Gasteiger partial charge in [0.1, 0.15) is 0 Å². The van der Waals surface area contributed by atoms with Crippen molar-refractivity contribution in [2.24, 2.45) is 11.3 Å². The minimum absolute atomic E-state index is 0.0155. The van der Waals surface area contributed by atoms with E-state index in [0.717, 1.165) is 29.7 Å². The Morgan fingerprint density at radius 3 is 2.41 bits per heavy atom. The van der Waals surface area contributed by atoms with Crippen molar-refractivity contribution in [3.63, 3.8) is 0 Å². The lowest BCUT2D eigenvalue weighted by molar-refractivity contribution is -0.121. The SMILES string of the molecule is N#CC1(C#N)[C@H](c2ccc(Cl)cc2)[C@H](C(=O)C2CC2)N2c3ccccc3C=C[C@@H]21. The van der Waals surface area contributed by atoms with Crippen LogP contribution in [-0.2, 0) is 4.79 Å². The standard InChI is InChI=1S/C24H18ClN3O/c25-18-10-7-16(8-11-18)21-22(23(29)17-5-6-17)28-19-4-2-1-3-15(19)9-12-20(28)24(21,13-26)14-27/h1-4,7-12,17,20-22H,5-6H2/t20-,21-,22-/m1/s1. The van der Waals surface area contributed by atoms with Gasteiger partial charge in [-0.15, -0.1) is 0 Å². The van der Waals surface area contributed by atoms with Gasteiger partial charge in [0.25, 0.3) is 0 Å². The van der Waals surface area contributed by atoms with Gasteiger partial charge in [-0.2, -0.15) is 10.5 Å². The Morgan fingerprint density at radius 1 is 1.07 bits per heavy atom. The van der Waals surface area contributed by atoms with Gasteiger partial charge in [0.15, 0.2) is 11.2 Å². The molecule has 0 N–H and O–H groups in total. The molecule has 2 aromatic carbocycles. The number of carbonyl (C=O) groups excluding carboxylic acids is 1. The number of benzene rings is 2. The van der Waals surface area contributed by atoms with E-state index in [9.17, 15) is 15.3 Å². The maximum absolute atomic E-state index is 13.5. The van der Waals surface area contributed by atoms with Crippen LogP contribution in [0.4, 0.5) is 5.69 Å². The van der Waals surface area contributed by atoms with Gasteiger partial charge in [0.05, 0.1) is 24.2 Å². The van der Waals surface area contributed by atoms with Crippen LogP contribution in [0.5, 0.6) is 0 Å². The first-order chi connectivity index (χ1) is 14.1. The summed E-state index contributed by atoms with van der Waals surface area (Å²) in [6.45, 7) is 0. The first-order valence-corrected chi connectivity index (χ1v) is 10.2. The number of ketones is 1. The van der Waals surface area contributed by atoms with Crippen molar-refractivity contribution >= 4 is 29.1 Å². The summed E-state index contributed by atoms with van der Waals surface area (Å²) in [6.07, 6.45) is 5.64. The van der Waals surface area contributed by atoms with Crippen LogP contribution in [0, 0.1) is 34.0 Å². The van der Waals surface area contributed by atoms with Gasteiger partial charge in [-0.05, 0) is 42.2 Å². The largest absolute Gasteiger partial charge is 0.351 e. The van der Waals surface area contributed by atoms with Gasteiger partial charge in [-0.1, -0.05) is 54.1 Å². The summed E-state index contributed by atoms with van der Waals surface area (Å²) in [5.41, 5.74) is 1.34. The number of halogens is 1. The van der Waals surface area contributed by atoms with E-state index in [1.807, 2.05) is 53.5 Å². The average molecular weight is 400 g/mol. The molecule has 0 aromatic heterocycles. The van der Waals surface area contributed by atoms with Gasteiger partial charge in [0, 0.05) is 22.5 Å². The van der Waals surface area contributed by atoms with Crippen molar-refractivity contribution in [2.45, 2.75) is 30.8 Å². The van der Waals surface area contributed by atoms with Gasteiger partial charge in [0.2, 0.25) is 0 Å². The predicted molar refractivity (Wildman–Crippen MR) is 111 cm³/mol. The lowest BCUT2D eigenvalue weighted by atomic mass is 9.69. The second-order valence-corrected chi connectivity index (χ2v) is 8.45. The third-order valence-electron chi connectivity index (χ3n) is 6.42. The van der Waals surface area contributed by atoms with E-state index in [1.165, 1.54) is 0 Å². The summed E-state index contributed by atoms with van der Waals surface area (Å²) >= 11 is 6.09. The Morgan fingerprint density at radius 2 is 1.76 bits per heavy atom. The minimum atomic E-state index is -1.37. The summed E-state index contributed by atoms with van der Waals surface area (Å²) < 4.78 is 0. The van der Waals surface area contributed by atoms with Crippen molar-refractivity contribution in [2.75, 3.05) is 4.90 Å². The van der Waals surface area contributed by atoms with E-state index < -0.39 is 23.4 Å². The molecule has 0 amide bonds. The lowest BCUT2D eigenvalue weighted by Crippen LogP contribution is -2.44. The molecule has 1 aliphatic carbocycles. The predicted octanol–water partition coefficient (Wildman–Crippen LogP) is 4.72. The molecule has 0 radical (unpaired) electrons. The Bertz CT molecular complexity index is 1090. The number of nitrogens with zero attached hydrogens (tertiary/aromatic N) is 3. The molecule has 142 valence electrons. The van der Waals surface area contributed by atoms with Crippen LogP contribution in [-0.4, -0.2) is 17.9 Å². The molecule has 0 spiro atoms. The van der Waals surface area contributed by atoms with Crippen molar-refractivity contribution < 1.29 is 4.79 Å². The Kier molecular flexibility index (Phi) is 4.02. The number of para-hydroxylation sites is 1. The summed E-state index contributed by atoms with van der Waals surface area (Å²) in [5, 5.41) is 21.1. The highest BCUT2D eigenvalue weighted by atomic mass is 35.5. The van der Waals surface area contributed by atoms with Crippen LogP contribution in [0.3, 0.4) is 0 Å². The second-order valence-electron chi connectivity index (χ2n) is 8.01. The molecule has 0 unspecified atom stereocenters. The normalized spacial score (nSPS) is 26.2. The van der Waals surface area contributed by atoms with Gasteiger partial charge >= 0.3 is 0 Å². The van der Waals surface area contributed by atoms with E-state index in [1.54, 1.807) is 12.1 Å². The maximum atomic E-state index is 13.5. The molecule has 2 fully saturated rings. The molecular weight excluding hydrogens is 382 g/mol. The van der Waals surface area contributed by atoms with Crippen molar-refractivity contribution in [3.05, 3.63) is 70.8 Å². The first-order valence-electron chi connectivity index (χ1n) is 9.78. The topological polar surface area (TPSA) is 67.9 Å². The quantitative estimate of drug-likeness (QED) is 0.748. The maximum Gasteiger partial charge on any atom is 0.176 e. The number of hydrogen-bond acceptors (Lipinski definition) is 4. The molecule has 1 saturated carbocycles. The zero-order valence-electron chi connectivity index (χ0n) is 15.6. The second kappa shape index (κ2) is 6.48. The first kappa shape index (κ1) is 18.0. The van der Waals surface area contributed by atoms with E-state index in [-0.39, 0.29) is 11.7 Å². The molecule has 3 aliphatic rings. The van der Waals surface area contributed by atoms with E-state index in [0.29, 0.717) is 5.02 Å². The zero-order valence-corrected chi connectivity index (χ0v) is 16.4. The molecule has 1 saturated heterocycles. The Hall–Kier alpha value is -3.08. The third kappa shape index (κ3) is 2.53. The lowest BCUT2D eigenvalue weighted by Gasteiger charge is -2.35. The molecule has 2 aromatic rings. The molecule has 2 aliphatic heterocycles. The monoisotopic (exact) mass is 399 g/mol. The summed E-state index contributed by atoms with van der Waals surface area (Å²) in [5.74, 6) is -0.405. The van der Waals surface area contributed by atoms with Crippen LogP contribution < -0.4 is 4.90 Å². The summed E-state index contributed by atoms with van der Waals surface area (Å²) in [4.78, 5) is 15.6. The zero-order chi connectivity index (χ0) is 20.2. The van der Waals surface area contributed by atoms with Gasteiger partial charge < -0.3 is 4.90 Å². The third-order valence-corrected chi connectivity index (χ3v) is 6.67. The van der Waals surface area contributed by atoms with Gasteiger partial charge in [-0.3, -0.25) is 4.79 Å². The smallest absolute Gasteiger partial charge is 0.176 e. The molecule has 2 heterocycles. The highest BCUT2D eigenvalue weighted by Gasteiger charge is 2.64. The van der Waals surface area contributed by atoms with Crippen LogP contribution in [0.25, 0.3) is 6.08 Å². The molecule has 0 bridgehead atoms. The minimum Gasteiger partial charge on any atom is -0.351 e. The Balaban J connectivity index is 1.76. The fourth-order valence-electron chi connectivity index (χ4n) is 4.91. The molecule has 29 heavy (non-hydrogen) atoms. The van der Waals surface area contributed by atoms with Crippen LogP contribution in [0.1, 0.15) is 29.9 Å². The van der Waals surface area contributed by atoms with Crippen LogP contribution in [0.2, 0.25) is 5.02 Å². The van der Waals surface area contributed by atoms with Crippen LogP contribution >= 0.6 is 11.6 Å². The number of Topliss-reactive ketones (excluding diaryl/α,β-unsaturated/α-hetero) is 1. The summed E-state index contributed by atoms with van der Waals surface area (Å²) in [6, 6.07) is 18.7. The van der Waals surface area contributed by atoms with E-state index in [4.69, 9.17) is 11.6 Å². The van der Waals surface area contributed by atoms with Crippen molar-refractivity contribution in [1.29, 1.82) is 10.5 Å². The van der Waals surface area contributed by atoms with Crippen LogP contribution in [0.15, 0.2) is 54.6 Å². The number of nitriles is 2. The Labute approximate surface area is 174 Å². The number of anilines is 1. The van der Waals surface area contributed by atoms with Gasteiger partial charge in [-0.25, -0.2) is 0 Å². The highest BCUT2D eigenvalue weighted by Crippen LogP contribution is 2.56. The van der Waals surface area contributed by atoms with Crippen molar-refractivity contribution in [1.82, 2.24) is 0 Å². The number of hydrogen-bond donors (Lipinski definition) is 0. The molecule has 3 atom stereocenters. The average Bonchev–Trinajstić information content (AvgIpc) is 3.56. The highest BCUT2D eigenvalue weighted by molar-refractivity contribution is 6.30. The summed E-state index contributed by atoms with van der Waals surface area (Å²) in [7, 11) is 0. The fraction of sp³-hybridized carbons (Fsp3) is 0.292. The number of fused-ring (bicyclic) bond motifs is 3. The van der Waals surface area contributed by atoms with E-state index in [2.05, 4.69) is 12.1 Å².